The van der Waals surface area contributed by atoms with E-state index in [1.807, 2.05) is 7.05 Å². The van der Waals surface area contributed by atoms with Crippen LogP contribution in [0.1, 0.15) is 21.9 Å². The monoisotopic (exact) mass is 236 g/mol. The van der Waals surface area contributed by atoms with Crippen molar-refractivity contribution in [3.63, 3.8) is 0 Å². The number of rotatable bonds is 5. The van der Waals surface area contributed by atoms with E-state index in [9.17, 15) is 4.79 Å². The minimum Gasteiger partial charge on any atom is -0.478 e. The third-order valence-corrected chi connectivity index (χ3v) is 2.29. The molecule has 0 atom stereocenters. The second-order valence-electron chi connectivity index (χ2n) is 3.57. The van der Waals surface area contributed by atoms with Crippen LogP contribution in [0.2, 0.25) is 0 Å². The Balaban J connectivity index is 1.86. The van der Waals surface area contributed by atoms with Crippen LogP contribution in [0, 0.1) is 0 Å². The molecule has 7 nitrogen and oxygen atoms in total. The van der Waals surface area contributed by atoms with Gasteiger partial charge >= 0.3 is 5.97 Å². The molecule has 0 saturated carbocycles. The predicted octanol–water partition coefficient (Wildman–Crippen LogP) is 0.396. The minimum atomic E-state index is -0.992. The van der Waals surface area contributed by atoms with Gasteiger partial charge in [0.15, 0.2) is 0 Å². The Morgan fingerprint density at radius 3 is 3.00 bits per heavy atom. The van der Waals surface area contributed by atoms with Crippen LogP contribution in [-0.4, -0.2) is 25.8 Å². The molecule has 2 aromatic rings. The number of carboxylic acid groups (broad SMARTS) is 1. The summed E-state index contributed by atoms with van der Waals surface area (Å²) in [5, 5.41) is 19.4. The van der Waals surface area contributed by atoms with Gasteiger partial charge in [-0.2, -0.15) is 0 Å². The molecule has 0 aliphatic carbocycles. The lowest BCUT2D eigenvalue weighted by atomic mass is 10.3. The Morgan fingerprint density at radius 1 is 1.59 bits per heavy atom. The van der Waals surface area contributed by atoms with Gasteiger partial charge in [-0.15, -0.1) is 10.2 Å². The number of aryl methyl sites for hydroxylation is 1. The number of nitrogens with zero attached hydrogens (tertiary/aromatic N) is 3. The number of hydrogen-bond acceptors (Lipinski definition) is 5. The highest BCUT2D eigenvalue weighted by molar-refractivity contribution is 5.87. The topological polar surface area (TPSA) is 93.2 Å². The first-order valence-electron chi connectivity index (χ1n) is 5.01. The fraction of sp³-hybridized carbons (Fsp3) is 0.300. The maximum Gasteiger partial charge on any atom is 0.338 e. The maximum atomic E-state index is 10.6. The van der Waals surface area contributed by atoms with Gasteiger partial charge in [-0.05, 0) is 6.07 Å². The second kappa shape index (κ2) is 4.79. The fourth-order valence-electron chi connectivity index (χ4n) is 1.35. The van der Waals surface area contributed by atoms with Crippen molar-refractivity contribution in [2.45, 2.75) is 13.1 Å². The molecule has 2 aromatic heterocycles. The normalized spacial score (nSPS) is 10.6. The molecule has 0 fully saturated rings. The Hall–Kier alpha value is -2.15. The van der Waals surface area contributed by atoms with Crippen molar-refractivity contribution < 1.29 is 14.3 Å². The van der Waals surface area contributed by atoms with Crippen LogP contribution < -0.4 is 5.32 Å². The molecule has 2 N–H and O–H groups in total. The first-order chi connectivity index (χ1) is 8.16. The Kier molecular flexibility index (Phi) is 3.20. The summed E-state index contributed by atoms with van der Waals surface area (Å²) in [7, 11) is 1.85. The SMILES string of the molecule is Cn1cnnc1CNCc1cc(C(=O)O)co1. The van der Waals surface area contributed by atoms with E-state index in [2.05, 4.69) is 15.5 Å². The molecule has 0 aliphatic heterocycles. The summed E-state index contributed by atoms with van der Waals surface area (Å²) >= 11 is 0. The molecule has 0 spiro atoms. The van der Waals surface area contributed by atoms with Crippen molar-refractivity contribution in [1.82, 2.24) is 20.1 Å². The van der Waals surface area contributed by atoms with Crippen LogP contribution in [0.5, 0.6) is 0 Å². The number of aromatic carboxylic acids is 1. The van der Waals surface area contributed by atoms with Gasteiger partial charge in [0.1, 0.15) is 24.2 Å². The second-order valence-corrected chi connectivity index (χ2v) is 3.57. The number of carboxylic acids is 1. The number of hydrogen-bond donors (Lipinski definition) is 2. The summed E-state index contributed by atoms with van der Waals surface area (Å²) in [5.41, 5.74) is 0.153. The average molecular weight is 236 g/mol. The average Bonchev–Trinajstić information content (AvgIpc) is 2.89. The third kappa shape index (κ3) is 2.70. The van der Waals surface area contributed by atoms with Crippen LogP contribution in [0.15, 0.2) is 23.1 Å². The maximum absolute atomic E-state index is 10.6. The van der Waals surface area contributed by atoms with E-state index < -0.39 is 5.97 Å². The molecule has 0 bridgehead atoms. The fourth-order valence-corrected chi connectivity index (χ4v) is 1.35. The largest absolute Gasteiger partial charge is 0.478 e. The third-order valence-electron chi connectivity index (χ3n) is 2.29. The highest BCUT2D eigenvalue weighted by Gasteiger charge is 2.08. The summed E-state index contributed by atoms with van der Waals surface area (Å²) in [4.78, 5) is 10.6. The molecule has 0 saturated heterocycles. The highest BCUT2D eigenvalue weighted by Crippen LogP contribution is 2.07. The van der Waals surface area contributed by atoms with E-state index in [1.165, 1.54) is 12.3 Å². The van der Waals surface area contributed by atoms with Crippen LogP contribution in [-0.2, 0) is 20.1 Å². The van der Waals surface area contributed by atoms with E-state index >= 15 is 0 Å². The Labute approximate surface area is 97.1 Å². The number of aromatic nitrogens is 3. The summed E-state index contributed by atoms with van der Waals surface area (Å²) in [6.07, 6.45) is 2.84. The van der Waals surface area contributed by atoms with Gasteiger partial charge in [-0.1, -0.05) is 0 Å². The minimum absolute atomic E-state index is 0.153. The smallest absolute Gasteiger partial charge is 0.338 e. The first-order valence-corrected chi connectivity index (χ1v) is 5.01. The van der Waals surface area contributed by atoms with Gasteiger partial charge in [0, 0.05) is 7.05 Å². The molecule has 7 heteroatoms. The first kappa shape index (κ1) is 11.3. The Morgan fingerprint density at radius 2 is 2.41 bits per heavy atom. The van der Waals surface area contributed by atoms with Gasteiger partial charge in [-0.25, -0.2) is 4.79 Å². The van der Waals surface area contributed by atoms with Crippen molar-refractivity contribution in [3.05, 3.63) is 35.8 Å². The molecular weight excluding hydrogens is 224 g/mol. The zero-order valence-corrected chi connectivity index (χ0v) is 9.25. The molecule has 90 valence electrons. The summed E-state index contributed by atoms with van der Waals surface area (Å²) in [5.74, 6) is 0.382. The molecule has 2 rings (SSSR count). The van der Waals surface area contributed by atoms with Gasteiger partial charge in [0.25, 0.3) is 0 Å². The van der Waals surface area contributed by atoms with Gasteiger partial charge in [0.05, 0.1) is 18.7 Å². The van der Waals surface area contributed by atoms with Gasteiger partial charge in [0.2, 0.25) is 0 Å². The zero-order chi connectivity index (χ0) is 12.3. The van der Waals surface area contributed by atoms with E-state index in [0.29, 0.717) is 18.8 Å². The highest BCUT2D eigenvalue weighted by atomic mass is 16.4. The number of carbonyl (C=O) groups is 1. The standard InChI is InChI=1S/C10H12N4O3/c1-14-6-12-13-9(14)4-11-3-8-2-7(5-17-8)10(15)16/h2,5-6,11H,3-4H2,1H3,(H,15,16). The Bertz CT molecular complexity index is 517. The van der Waals surface area contributed by atoms with Crippen molar-refractivity contribution >= 4 is 5.97 Å². The van der Waals surface area contributed by atoms with E-state index in [1.54, 1.807) is 10.9 Å². The molecule has 0 radical (unpaired) electrons. The lowest BCUT2D eigenvalue weighted by molar-refractivity contribution is 0.0696. The van der Waals surface area contributed by atoms with Gasteiger partial charge in [-0.3, -0.25) is 0 Å². The predicted molar refractivity (Wildman–Crippen MR) is 57.2 cm³/mol. The molecular formula is C10H12N4O3. The van der Waals surface area contributed by atoms with Crippen LogP contribution in [0.4, 0.5) is 0 Å². The lowest BCUT2D eigenvalue weighted by Gasteiger charge is -2.01. The molecule has 0 aliphatic rings. The van der Waals surface area contributed by atoms with Crippen LogP contribution in [0.3, 0.4) is 0 Å². The van der Waals surface area contributed by atoms with Gasteiger partial charge < -0.3 is 19.4 Å². The summed E-state index contributed by atoms with van der Waals surface area (Å²) in [6.45, 7) is 0.986. The molecule has 17 heavy (non-hydrogen) atoms. The van der Waals surface area contributed by atoms with E-state index in [4.69, 9.17) is 9.52 Å². The van der Waals surface area contributed by atoms with Crippen molar-refractivity contribution in [2.75, 3.05) is 0 Å². The van der Waals surface area contributed by atoms with E-state index in [0.717, 1.165) is 5.82 Å². The lowest BCUT2D eigenvalue weighted by Crippen LogP contribution is -2.15. The number of nitrogens with one attached hydrogen (secondary N) is 1. The summed E-state index contributed by atoms with van der Waals surface area (Å²) in [6, 6.07) is 1.49. The molecule has 0 unspecified atom stereocenters. The zero-order valence-electron chi connectivity index (χ0n) is 9.25. The van der Waals surface area contributed by atoms with Crippen molar-refractivity contribution in [1.29, 1.82) is 0 Å². The quantitative estimate of drug-likeness (QED) is 0.780. The van der Waals surface area contributed by atoms with Crippen molar-refractivity contribution in [3.8, 4) is 0 Å². The van der Waals surface area contributed by atoms with Crippen LogP contribution >= 0.6 is 0 Å². The van der Waals surface area contributed by atoms with E-state index in [-0.39, 0.29) is 5.56 Å². The van der Waals surface area contributed by atoms with Crippen molar-refractivity contribution in [2.24, 2.45) is 7.05 Å². The molecule has 2 heterocycles. The number of furan rings is 1. The molecule has 0 aromatic carbocycles. The van der Waals surface area contributed by atoms with Crippen LogP contribution in [0.25, 0.3) is 0 Å². The summed E-state index contributed by atoms with van der Waals surface area (Å²) < 4.78 is 6.89. The molecule has 0 amide bonds.